The third-order valence-electron chi connectivity index (χ3n) is 4.58. The monoisotopic (exact) mass is 356 g/mol. The fourth-order valence-electron chi connectivity index (χ4n) is 2.95. The summed E-state index contributed by atoms with van der Waals surface area (Å²) in [6.07, 6.45) is 0. The molecule has 0 aliphatic carbocycles. The lowest BCUT2D eigenvalue weighted by atomic mass is 10.1. The van der Waals surface area contributed by atoms with Gasteiger partial charge in [-0.15, -0.1) is 0 Å². The Labute approximate surface area is 153 Å². The van der Waals surface area contributed by atoms with Crippen LogP contribution < -0.4 is 0 Å². The number of nitrogens with one attached hydrogen (secondary N) is 1. The maximum atomic E-state index is 12.3. The first-order chi connectivity index (χ1) is 12.2. The molecule has 138 valence electrons. The second-order valence-electron chi connectivity index (χ2n) is 6.35. The molecule has 2 aromatic rings. The highest BCUT2D eigenvalue weighted by molar-refractivity contribution is 6.01. The van der Waals surface area contributed by atoms with E-state index in [4.69, 9.17) is 4.74 Å². The quantitative estimate of drug-likeness (QED) is 0.637. The number of nitrogens with zero attached hydrogens (tertiary/aromatic N) is 1. The molecule has 0 unspecified atom stereocenters. The molecule has 1 heterocycles. The summed E-state index contributed by atoms with van der Waals surface area (Å²) in [6, 6.07) is 9.47. The third-order valence-corrected chi connectivity index (χ3v) is 4.58. The summed E-state index contributed by atoms with van der Waals surface area (Å²) in [4.78, 5) is 40.7. The van der Waals surface area contributed by atoms with E-state index in [-0.39, 0.29) is 30.0 Å². The van der Waals surface area contributed by atoms with Crippen LogP contribution >= 0.6 is 0 Å². The number of ether oxygens (including phenoxy) is 1. The van der Waals surface area contributed by atoms with Crippen LogP contribution in [0.15, 0.2) is 30.3 Å². The molecule has 0 aliphatic heterocycles. The van der Waals surface area contributed by atoms with Crippen molar-refractivity contribution in [1.29, 1.82) is 0 Å². The molecule has 0 aliphatic rings. The number of Topliss-reactive ketones (excluding diaryl/α,β-unsaturated/α-hetero) is 1. The topological polar surface area (TPSA) is 79.5 Å². The number of hydrogen-bond donors (Lipinski definition) is 1. The van der Waals surface area contributed by atoms with E-state index in [1.165, 1.54) is 11.8 Å². The van der Waals surface area contributed by atoms with Crippen molar-refractivity contribution in [3.63, 3.8) is 0 Å². The van der Waals surface area contributed by atoms with E-state index in [1.807, 2.05) is 37.3 Å². The minimum absolute atomic E-state index is 0.122. The third kappa shape index (κ3) is 4.02. The molecule has 6 nitrogen and oxygen atoms in total. The number of benzene rings is 1. The Morgan fingerprint density at radius 1 is 1.15 bits per heavy atom. The van der Waals surface area contributed by atoms with Crippen molar-refractivity contribution in [2.45, 2.75) is 33.7 Å². The summed E-state index contributed by atoms with van der Waals surface area (Å²) >= 11 is 0. The largest absolute Gasteiger partial charge is 0.451 e. The van der Waals surface area contributed by atoms with Gasteiger partial charge in [-0.25, -0.2) is 4.79 Å². The van der Waals surface area contributed by atoms with Gasteiger partial charge in [0.1, 0.15) is 5.69 Å². The van der Waals surface area contributed by atoms with E-state index < -0.39 is 5.97 Å². The molecule has 1 aromatic carbocycles. The normalized spacial score (nSPS) is 11.7. The number of H-pyrrole nitrogens is 1. The summed E-state index contributed by atoms with van der Waals surface area (Å²) in [5.41, 5.74) is 2.84. The number of aromatic amines is 1. The molecule has 0 fully saturated rings. The van der Waals surface area contributed by atoms with Crippen molar-refractivity contribution < 1.29 is 19.1 Å². The number of likely N-dealkylation sites (N-methyl/N-ethyl adjacent to an activating group) is 1. The first-order valence-corrected chi connectivity index (χ1v) is 8.41. The maximum Gasteiger partial charge on any atom is 0.355 e. The Bertz CT molecular complexity index is 824. The molecular weight excluding hydrogens is 332 g/mol. The zero-order valence-corrected chi connectivity index (χ0v) is 15.8. The standard InChI is InChI=1S/C20H24N2O4/c1-12-18(15(4)23)13(2)21-19(12)20(25)26-11-17(24)22(5)14(3)16-9-7-6-8-10-16/h6-10,14,21H,11H2,1-5H3/t14-/m1/s1. The first-order valence-electron chi connectivity index (χ1n) is 8.41. The molecule has 2 rings (SSSR count). The Morgan fingerprint density at radius 3 is 2.31 bits per heavy atom. The van der Waals surface area contributed by atoms with Crippen LogP contribution in [0.2, 0.25) is 0 Å². The van der Waals surface area contributed by atoms with Crippen molar-refractivity contribution in [2.24, 2.45) is 0 Å². The van der Waals surface area contributed by atoms with E-state index >= 15 is 0 Å². The summed E-state index contributed by atoms with van der Waals surface area (Å²) in [5.74, 6) is -1.07. The number of carbonyl (C=O) groups excluding carboxylic acids is 3. The highest BCUT2D eigenvalue weighted by Gasteiger charge is 2.23. The van der Waals surface area contributed by atoms with Crippen LogP contribution in [0.1, 0.15) is 57.6 Å². The highest BCUT2D eigenvalue weighted by Crippen LogP contribution is 2.20. The zero-order chi connectivity index (χ0) is 19.4. The lowest BCUT2D eigenvalue weighted by Crippen LogP contribution is -2.33. The molecule has 1 amide bonds. The smallest absolute Gasteiger partial charge is 0.355 e. The van der Waals surface area contributed by atoms with Crippen LogP contribution in [0.4, 0.5) is 0 Å². The van der Waals surface area contributed by atoms with Crippen LogP contribution in [-0.4, -0.2) is 41.2 Å². The van der Waals surface area contributed by atoms with E-state index in [9.17, 15) is 14.4 Å². The van der Waals surface area contributed by atoms with Gasteiger partial charge in [-0.3, -0.25) is 9.59 Å². The minimum atomic E-state index is -0.646. The average Bonchev–Trinajstić information content (AvgIpc) is 2.93. The Kier molecular flexibility index (Phi) is 5.97. The predicted molar refractivity (Wildman–Crippen MR) is 98.2 cm³/mol. The summed E-state index contributed by atoms with van der Waals surface area (Å²) in [7, 11) is 1.67. The fraction of sp³-hybridized carbons (Fsp3) is 0.350. The number of rotatable bonds is 6. The van der Waals surface area contributed by atoms with Crippen LogP contribution in [0.3, 0.4) is 0 Å². The van der Waals surface area contributed by atoms with Crippen molar-refractivity contribution >= 4 is 17.7 Å². The second kappa shape index (κ2) is 7.99. The van der Waals surface area contributed by atoms with Gasteiger partial charge < -0.3 is 14.6 Å². The average molecular weight is 356 g/mol. The molecule has 0 spiro atoms. The lowest BCUT2D eigenvalue weighted by Gasteiger charge is -2.25. The van der Waals surface area contributed by atoms with Gasteiger partial charge in [0, 0.05) is 18.3 Å². The van der Waals surface area contributed by atoms with Crippen LogP contribution in [0.25, 0.3) is 0 Å². The summed E-state index contributed by atoms with van der Waals surface area (Å²) in [6.45, 7) is 6.40. The minimum Gasteiger partial charge on any atom is -0.451 e. The van der Waals surface area contributed by atoms with Gasteiger partial charge in [-0.1, -0.05) is 30.3 Å². The molecule has 0 saturated heterocycles. The van der Waals surface area contributed by atoms with Gasteiger partial charge in [0.25, 0.3) is 5.91 Å². The Hall–Kier alpha value is -2.89. The SMILES string of the molecule is CC(=O)c1c(C)[nH]c(C(=O)OCC(=O)N(C)[C@H](C)c2ccccc2)c1C. The van der Waals surface area contributed by atoms with Crippen molar-refractivity contribution in [3.05, 3.63) is 58.4 Å². The number of carbonyl (C=O) groups is 3. The van der Waals surface area contributed by atoms with Gasteiger partial charge in [-0.2, -0.15) is 0 Å². The molecule has 1 atom stereocenters. The van der Waals surface area contributed by atoms with Gasteiger partial charge in [-0.05, 0) is 38.8 Å². The fourth-order valence-corrected chi connectivity index (χ4v) is 2.95. The van der Waals surface area contributed by atoms with Gasteiger partial charge in [0.2, 0.25) is 0 Å². The predicted octanol–water partition coefficient (Wildman–Crippen LogP) is 3.21. The molecule has 1 aromatic heterocycles. The summed E-state index contributed by atoms with van der Waals surface area (Å²) < 4.78 is 5.15. The van der Waals surface area contributed by atoms with Crippen LogP contribution in [0, 0.1) is 13.8 Å². The Balaban J connectivity index is 2.02. The summed E-state index contributed by atoms with van der Waals surface area (Å²) in [5, 5.41) is 0. The first kappa shape index (κ1) is 19.4. The van der Waals surface area contributed by atoms with E-state index in [2.05, 4.69) is 4.98 Å². The number of aromatic nitrogens is 1. The molecule has 26 heavy (non-hydrogen) atoms. The number of aryl methyl sites for hydroxylation is 1. The molecular formula is C20H24N2O4. The molecule has 0 saturated carbocycles. The number of ketones is 1. The molecule has 6 heteroatoms. The molecule has 0 bridgehead atoms. The number of hydrogen-bond acceptors (Lipinski definition) is 4. The van der Waals surface area contributed by atoms with Crippen LogP contribution in [0.5, 0.6) is 0 Å². The van der Waals surface area contributed by atoms with Gasteiger partial charge in [0.15, 0.2) is 12.4 Å². The maximum absolute atomic E-state index is 12.3. The van der Waals surface area contributed by atoms with Crippen molar-refractivity contribution in [2.75, 3.05) is 13.7 Å². The van der Waals surface area contributed by atoms with Crippen molar-refractivity contribution in [3.8, 4) is 0 Å². The van der Waals surface area contributed by atoms with Gasteiger partial charge in [0.05, 0.1) is 6.04 Å². The Morgan fingerprint density at radius 2 is 1.77 bits per heavy atom. The van der Waals surface area contributed by atoms with Crippen LogP contribution in [-0.2, 0) is 9.53 Å². The highest BCUT2D eigenvalue weighted by atomic mass is 16.5. The number of esters is 1. The molecule has 0 radical (unpaired) electrons. The van der Waals surface area contributed by atoms with Crippen molar-refractivity contribution in [1.82, 2.24) is 9.88 Å². The van der Waals surface area contributed by atoms with E-state index in [0.717, 1.165) is 5.56 Å². The second-order valence-corrected chi connectivity index (χ2v) is 6.35. The van der Waals surface area contributed by atoms with E-state index in [1.54, 1.807) is 20.9 Å². The zero-order valence-electron chi connectivity index (χ0n) is 15.8. The molecule has 1 N–H and O–H groups in total. The lowest BCUT2D eigenvalue weighted by molar-refractivity contribution is -0.135. The number of amides is 1. The van der Waals surface area contributed by atoms with E-state index in [0.29, 0.717) is 16.8 Å². The van der Waals surface area contributed by atoms with Gasteiger partial charge >= 0.3 is 5.97 Å².